The first-order valence-electron chi connectivity index (χ1n) is 46.1. The van der Waals surface area contributed by atoms with E-state index in [1.807, 2.05) is 183 Å². The van der Waals surface area contributed by atoms with Crippen LogP contribution in [0.25, 0.3) is 277 Å². The van der Waals surface area contributed by atoms with E-state index in [4.69, 9.17) is 59.8 Å². The van der Waals surface area contributed by atoms with Crippen LogP contribution in [0.5, 0.6) is 0 Å². The van der Waals surface area contributed by atoms with Crippen molar-refractivity contribution in [3.05, 3.63) is 425 Å². The predicted molar refractivity (Wildman–Crippen MR) is 557 cm³/mol. The number of hydrogen-bond donors (Lipinski definition) is 0. The van der Waals surface area contributed by atoms with Gasteiger partial charge in [-0.05, 0) is 234 Å². The summed E-state index contributed by atoms with van der Waals surface area (Å²) in [5, 5.41) is 18.2. The van der Waals surface area contributed by atoms with E-state index in [1.165, 1.54) is 32.3 Å². The summed E-state index contributed by atoms with van der Waals surface area (Å²) in [6.07, 6.45) is 7.55. The van der Waals surface area contributed by atoms with E-state index in [-0.39, 0.29) is 0 Å². The third-order valence-electron chi connectivity index (χ3n) is 27.4. The fraction of sp³-hybridized carbons (Fsp3) is 0. The van der Waals surface area contributed by atoms with Crippen LogP contribution >= 0.6 is 0 Å². The second-order valence-electron chi connectivity index (χ2n) is 35.1. The molecule has 138 heavy (non-hydrogen) atoms. The molecule has 12 heterocycles. The van der Waals surface area contributed by atoms with Crippen LogP contribution in [0.2, 0.25) is 0 Å². The predicted octanol–water partition coefficient (Wildman–Crippen LogP) is 28.2. The number of hydrogen-bond acceptors (Lipinski definition) is 12. The van der Waals surface area contributed by atoms with E-state index in [0.717, 1.165) is 210 Å². The number of aromatic nitrogens is 18. The topological polar surface area (TPSA) is 184 Å². The highest BCUT2D eigenvalue weighted by molar-refractivity contribution is 6.39. The van der Waals surface area contributed by atoms with Crippen LogP contribution in [-0.4, -0.2) is 87.2 Å². The third-order valence-corrected chi connectivity index (χ3v) is 27.4. The molecule has 0 aliphatic carbocycles. The smallest absolute Gasteiger partial charge is 0.238 e. The lowest BCUT2D eigenvalue weighted by Gasteiger charge is -2.15. The van der Waals surface area contributed by atoms with E-state index in [1.54, 1.807) is 0 Å². The quantitative estimate of drug-likeness (QED) is 0.106. The Balaban J connectivity index is 0.000000134. The maximum Gasteiger partial charge on any atom is 0.238 e. The Hall–Kier alpha value is -19.2. The van der Waals surface area contributed by atoms with Gasteiger partial charge >= 0.3 is 0 Å². The van der Waals surface area contributed by atoms with Crippen molar-refractivity contribution in [1.29, 1.82) is 0 Å². The summed E-state index contributed by atoms with van der Waals surface area (Å²) in [5.41, 5.74) is 25.9. The van der Waals surface area contributed by atoms with Gasteiger partial charge in [0, 0.05) is 102 Å². The molecule has 0 aliphatic heterocycles. The van der Waals surface area contributed by atoms with Crippen LogP contribution in [0.15, 0.2) is 425 Å². The molecule has 0 saturated heterocycles. The first-order valence-corrected chi connectivity index (χ1v) is 46.1. The normalized spacial score (nSPS) is 12.1. The van der Waals surface area contributed by atoms with E-state index in [0.29, 0.717) is 35.2 Å². The average molecular weight is 1760 g/mol. The van der Waals surface area contributed by atoms with Crippen molar-refractivity contribution in [2.45, 2.75) is 0 Å². The first-order chi connectivity index (χ1) is 68.5. The van der Waals surface area contributed by atoms with Gasteiger partial charge in [-0.25, -0.2) is 19.9 Å². The molecule has 30 rings (SSSR count). The van der Waals surface area contributed by atoms with Gasteiger partial charge in [-0.15, -0.1) is 0 Å². The zero-order valence-corrected chi connectivity index (χ0v) is 73.5. The Labute approximate surface area is 784 Å². The third kappa shape index (κ3) is 11.6. The molecule has 0 N–H and O–H groups in total. The van der Waals surface area contributed by atoms with Crippen molar-refractivity contribution in [1.82, 2.24) is 87.2 Å². The molecule has 12 aromatic heterocycles. The largest absolute Gasteiger partial charge is 0.308 e. The standard InChI is InChI=1S/C64H38N8.C56H32N10/c1-3-13-43(14-4-1)71-51-19-9-7-17-49(51)67-63(71)39-23-29-45(30-24-39)69-53-21-11-35-65-61(53)59-47-33-28-42-38-56-60(48-34-27-41(37-55(59)69)57(47)58(42)48)62-54(22-12-36-66-62)70(56)46-31-25-40(26-32-46)64-68-50-18-8-10-20-52(50)72(64)44-15-5-2-6-16-44;1-5-15-33(16-6-1)51-59-52(34-17-7-2-8-18-34)62-55(61-51)65-41-23-13-29-57-49(41)47-39-27-26-38-32-44-48(40-28-25-37(31-43(47)65)45(39)46(38)40)50-42(24-14-30-58-50)66(44)56-63-53(35-19-9-3-10-20-35)60-54(64-56)36-21-11-4-12-22-36/h1-38H;1-32H. The van der Waals surface area contributed by atoms with Crippen LogP contribution in [0.3, 0.4) is 0 Å². The molecule has 0 unspecified atom stereocenters. The number of pyridine rings is 4. The van der Waals surface area contributed by atoms with Gasteiger partial charge in [0.2, 0.25) is 11.9 Å². The van der Waals surface area contributed by atoms with Gasteiger partial charge in [-0.1, -0.05) is 231 Å². The minimum atomic E-state index is 0.522. The van der Waals surface area contributed by atoms with Gasteiger partial charge in [0.25, 0.3) is 0 Å². The summed E-state index contributed by atoms with van der Waals surface area (Å²) in [6.45, 7) is 0. The fourth-order valence-corrected chi connectivity index (χ4v) is 21.6. The van der Waals surface area contributed by atoms with Crippen LogP contribution in [0, 0.1) is 0 Å². The van der Waals surface area contributed by atoms with Crippen molar-refractivity contribution >= 4 is 174 Å². The second kappa shape index (κ2) is 30.2. The van der Waals surface area contributed by atoms with Crippen LogP contribution in [-0.2, 0) is 0 Å². The Morgan fingerprint density at radius 1 is 0.159 bits per heavy atom. The van der Waals surface area contributed by atoms with E-state index < -0.39 is 0 Å². The maximum absolute atomic E-state index is 5.18. The van der Waals surface area contributed by atoms with Crippen molar-refractivity contribution in [2.75, 3.05) is 0 Å². The molecular weight excluding hydrogens is 1690 g/mol. The summed E-state index contributed by atoms with van der Waals surface area (Å²) in [6, 6.07) is 140. The molecule has 640 valence electrons. The highest BCUT2D eigenvalue weighted by Gasteiger charge is 2.30. The van der Waals surface area contributed by atoms with Gasteiger partial charge in [0.1, 0.15) is 11.6 Å². The molecule has 18 nitrogen and oxygen atoms in total. The molecule has 0 fully saturated rings. The highest BCUT2D eigenvalue weighted by atomic mass is 15.2. The lowest BCUT2D eigenvalue weighted by Crippen LogP contribution is -2.06. The maximum atomic E-state index is 5.18. The average Bonchev–Trinajstić information content (AvgIpc) is 1.53. The SMILES string of the molecule is c1ccc(-c2nc(-c3ccccc3)nc(-n3c4cccnc4c4c5ccc6cc7c(c8ccc(cc43)c5c68)c3ncccc3n7-c3nc(-c4ccccc4)nc(-c4ccccc4)n3)n2)cc1.c1ccc(-n2c(-c3ccc(-n4c5cccnc5c5c6ccc7cc8c(c9ccc(cc54)c6c79)c4ncccc4n8-c4ccc(-c5nc6ccccc6n5-c5ccccc5)cc4)cc3)nc3ccccc32)cc1. The van der Waals surface area contributed by atoms with Crippen molar-refractivity contribution in [3.8, 4) is 103 Å². The minimum absolute atomic E-state index is 0.522. The number of rotatable bonds is 12. The molecule has 0 saturated carbocycles. The van der Waals surface area contributed by atoms with Crippen LogP contribution in [0.1, 0.15) is 0 Å². The van der Waals surface area contributed by atoms with Gasteiger partial charge in [-0.2, -0.15) is 19.9 Å². The monoisotopic (exact) mass is 1760 g/mol. The van der Waals surface area contributed by atoms with E-state index >= 15 is 0 Å². The van der Waals surface area contributed by atoms with Gasteiger partial charge < -0.3 is 9.13 Å². The summed E-state index contributed by atoms with van der Waals surface area (Å²) >= 11 is 0. The Bertz CT molecular complexity index is 9500. The number of para-hydroxylation sites is 6. The van der Waals surface area contributed by atoms with Gasteiger partial charge in [0.05, 0.1) is 88.3 Å². The van der Waals surface area contributed by atoms with Crippen molar-refractivity contribution < 1.29 is 0 Å². The Kier molecular flexibility index (Phi) is 16.7. The molecule has 30 aromatic rings. The van der Waals surface area contributed by atoms with Gasteiger partial charge in [-0.3, -0.25) is 38.2 Å². The van der Waals surface area contributed by atoms with E-state index in [2.05, 4.69) is 270 Å². The highest BCUT2D eigenvalue weighted by Crippen LogP contribution is 2.50. The first kappa shape index (κ1) is 76.5. The number of imidazole rings is 2. The van der Waals surface area contributed by atoms with Crippen LogP contribution < -0.4 is 0 Å². The number of nitrogens with zero attached hydrogens (tertiary/aromatic N) is 18. The molecule has 0 aliphatic rings. The molecule has 18 heteroatoms. The fourth-order valence-electron chi connectivity index (χ4n) is 21.6. The lowest BCUT2D eigenvalue weighted by molar-refractivity contribution is 0.952. The van der Waals surface area contributed by atoms with Crippen molar-refractivity contribution in [3.63, 3.8) is 0 Å². The molecule has 0 radical (unpaired) electrons. The summed E-state index contributed by atoms with van der Waals surface area (Å²) in [4.78, 5) is 61.3. The summed E-state index contributed by atoms with van der Waals surface area (Å²) < 4.78 is 13.5. The summed E-state index contributed by atoms with van der Waals surface area (Å²) in [5.74, 6) is 5.23. The molecular formula is C120H70N18. The zero-order valence-electron chi connectivity index (χ0n) is 73.5. The number of fused-ring (bicyclic) bond motifs is 18. The molecule has 18 aromatic carbocycles. The van der Waals surface area contributed by atoms with E-state index in [9.17, 15) is 0 Å². The molecule has 0 atom stereocenters. The second-order valence-corrected chi connectivity index (χ2v) is 35.1. The Morgan fingerprint density at radius 3 is 0.717 bits per heavy atom. The number of benzene rings is 18. The molecule has 0 amide bonds. The molecule has 0 spiro atoms. The Morgan fingerprint density at radius 2 is 0.413 bits per heavy atom. The van der Waals surface area contributed by atoms with Crippen molar-refractivity contribution in [2.24, 2.45) is 0 Å². The minimum Gasteiger partial charge on any atom is -0.308 e. The lowest BCUT2D eigenvalue weighted by atomic mass is 9.91. The zero-order chi connectivity index (χ0) is 90.3. The summed E-state index contributed by atoms with van der Waals surface area (Å²) in [7, 11) is 0. The van der Waals surface area contributed by atoms with Crippen LogP contribution in [0.4, 0.5) is 0 Å². The van der Waals surface area contributed by atoms with Gasteiger partial charge in [0.15, 0.2) is 23.3 Å². The molecule has 0 bridgehead atoms.